The van der Waals surface area contributed by atoms with E-state index >= 15 is 0 Å². The average molecular weight is 445 g/mol. The molecule has 2 heterocycles. The number of aryl methyl sites for hydroxylation is 2. The second kappa shape index (κ2) is 11.8. The van der Waals surface area contributed by atoms with E-state index in [0.717, 1.165) is 24.2 Å². The van der Waals surface area contributed by atoms with Gasteiger partial charge in [-0.05, 0) is 44.2 Å². The Morgan fingerprint density at radius 1 is 1.38 bits per heavy atom. The zero-order chi connectivity index (χ0) is 22.9. The molecule has 1 aromatic heterocycles. The van der Waals surface area contributed by atoms with Crippen LogP contribution in [0.5, 0.6) is 0 Å². The van der Waals surface area contributed by atoms with Crippen LogP contribution in [0.1, 0.15) is 70.1 Å². The smallest absolute Gasteiger partial charge is 0.255 e. The Kier molecular flexibility index (Phi) is 8.78. The number of aromatic nitrogens is 2. The Balaban J connectivity index is 1.64. The molecule has 4 N–H and O–H groups in total. The summed E-state index contributed by atoms with van der Waals surface area (Å²) in [5.74, 6) is -0.636. The molecule has 0 saturated heterocycles. The molecule has 0 aliphatic carbocycles. The minimum Gasteiger partial charge on any atom is -0.381 e. The first-order valence-electron chi connectivity index (χ1n) is 11.1. The van der Waals surface area contributed by atoms with Crippen LogP contribution in [0.2, 0.25) is 0 Å². The fraction of sp³-hybridized carbons (Fsp3) is 0.522. The van der Waals surface area contributed by atoms with Crippen LogP contribution in [-0.2, 0) is 28.9 Å². The van der Waals surface area contributed by atoms with Gasteiger partial charge < -0.3 is 25.6 Å². The van der Waals surface area contributed by atoms with E-state index in [9.17, 15) is 14.7 Å². The fourth-order valence-corrected chi connectivity index (χ4v) is 3.76. The van der Waals surface area contributed by atoms with Crippen molar-refractivity contribution in [3.8, 4) is 0 Å². The molecule has 0 saturated carbocycles. The first-order chi connectivity index (χ1) is 15.5. The fourth-order valence-electron chi connectivity index (χ4n) is 3.76. The van der Waals surface area contributed by atoms with E-state index in [1.807, 2.05) is 11.6 Å². The number of rotatable bonds is 8. The van der Waals surface area contributed by atoms with Crippen molar-refractivity contribution in [2.24, 2.45) is 5.73 Å². The lowest BCUT2D eigenvalue weighted by Crippen LogP contribution is -2.26. The van der Waals surface area contributed by atoms with Gasteiger partial charge in [-0.25, -0.2) is 0 Å². The summed E-state index contributed by atoms with van der Waals surface area (Å²) in [5, 5.41) is 17.9. The summed E-state index contributed by atoms with van der Waals surface area (Å²) in [6, 6.07) is 6.43. The number of hydrogen-bond acceptors (Lipinski definition) is 6. The van der Waals surface area contributed by atoms with E-state index < -0.39 is 12.2 Å². The van der Waals surface area contributed by atoms with Crippen LogP contribution in [0.3, 0.4) is 0 Å². The molecule has 1 unspecified atom stereocenters. The van der Waals surface area contributed by atoms with Gasteiger partial charge in [0.15, 0.2) is 6.29 Å². The first-order valence-corrected chi connectivity index (χ1v) is 11.1. The molecule has 2 aromatic rings. The van der Waals surface area contributed by atoms with E-state index in [-0.39, 0.29) is 12.5 Å². The van der Waals surface area contributed by atoms with Gasteiger partial charge in [-0.15, -0.1) is 0 Å². The maximum Gasteiger partial charge on any atom is 0.255 e. The Labute approximate surface area is 187 Å². The molecule has 3 rings (SSSR count). The minimum atomic E-state index is -1.15. The van der Waals surface area contributed by atoms with Crippen molar-refractivity contribution in [1.29, 1.82) is 0 Å². The molecule has 0 spiro atoms. The lowest BCUT2D eigenvalue weighted by Gasteiger charge is -2.14. The average Bonchev–Trinajstić information content (AvgIpc) is 3.13. The van der Waals surface area contributed by atoms with Crippen molar-refractivity contribution in [2.75, 3.05) is 26.4 Å². The molecule has 1 aliphatic heterocycles. The highest BCUT2D eigenvalue weighted by Gasteiger charge is 2.23. The number of aliphatic hydroxyl groups is 1. The quantitative estimate of drug-likeness (QED) is 0.420. The summed E-state index contributed by atoms with van der Waals surface area (Å²) >= 11 is 0. The molecule has 174 valence electrons. The minimum absolute atomic E-state index is 0.0778. The highest BCUT2D eigenvalue weighted by Crippen LogP contribution is 2.20. The van der Waals surface area contributed by atoms with Gasteiger partial charge in [0.2, 0.25) is 5.91 Å². The molecule has 1 atom stereocenters. The number of nitrogens with two attached hydrogens (primary N) is 1. The number of nitrogens with one attached hydrogen (secondary N) is 1. The first kappa shape index (κ1) is 23.9. The van der Waals surface area contributed by atoms with Gasteiger partial charge >= 0.3 is 0 Å². The molecule has 0 radical (unpaired) electrons. The Morgan fingerprint density at radius 3 is 2.97 bits per heavy atom. The predicted octanol–water partition coefficient (Wildman–Crippen LogP) is 1.72. The number of aliphatic hydroxyl groups excluding tert-OH is 1. The monoisotopic (exact) mass is 444 g/mol. The van der Waals surface area contributed by atoms with E-state index in [1.165, 1.54) is 6.07 Å². The van der Waals surface area contributed by atoms with Crippen molar-refractivity contribution < 1.29 is 24.2 Å². The lowest BCUT2D eigenvalue weighted by molar-refractivity contribution is -0.104. The highest BCUT2D eigenvalue weighted by molar-refractivity contribution is 5.96. The summed E-state index contributed by atoms with van der Waals surface area (Å²) in [6.07, 6.45) is 2.43. The zero-order valence-corrected chi connectivity index (χ0v) is 18.5. The zero-order valence-electron chi connectivity index (χ0n) is 18.5. The normalized spacial score (nSPS) is 16.0. The third kappa shape index (κ3) is 6.15. The highest BCUT2D eigenvalue weighted by atomic mass is 16.6. The molecule has 1 aliphatic rings. The standard InChI is InChI=1S/C23H32N4O5/c1-2-18-20-19(9-4-12-31-13-5-10-25-22(20)29)27(26-18)11-6-14-32-23(30)17-8-3-7-16(15-17)21(24)28/h3,7-8,15,23,30H,2,4-6,9-14H2,1H3,(H2,24,28)(H,25,29). The van der Waals surface area contributed by atoms with Crippen LogP contribution in [-0.4, -0.2) is 53.1 Å². The molecule has 1 aromatic carbocycles. The lowest BCUT2D eigenvalue weighted by atomic mass is 10.1. The Hall–Kier alpha value is -2.75. The number of carbonyl (C=O) groups is 2. The van der Waals surface area contributed by atoms with Gasteiger partial charge in [0.1, 0.15) is 0 Å². The number of fused-ring (bicyclic) bond motifs is 1. The third-order valence-electron chi connectivity index (χ3n) is 5.39. The van der Waals surface area contributed by atoms with Crippen molar-refractivity contribution in [2.45, 2.75) is 51.9 Å². The third-order valence-corrected chi connectivity index (χ3v) is 5.39. The maximum atomic E-state index is 12.8. The van der Waals surface area contributed by atoms with Crippen LogP contribution in [0, 0.1) is 0 Å². The number of nitrogens with zero attached hydrogens (tertiary/aromatic N) is 2. The van der Waals surface area contributed by atoms with E-state index in [0.29, 0.717) is 62.3 Å². The van der Waals surface area contributed by atoms with E-state index in [2.05, 4.69) is 10.4 Å². The molecule has 0 bridgehead atoms. The van der Waals surface area contributed by atoms with Crippen LogP contribution in [0.15, 0.2) is 24.3 Å². The number of carbonyl (C=O) groups excluding carboxylic acids is 2. The molecule has 9 nitrogen and oxygen atoms in total. The van der Waals surface area contributed by atoms with Gasteiger partial charge in [-0.3, -0.25) is 14.3 Å². The van der Waals surface area contributed by atoms with E-state index in [1.54, 1.807) is 18.2 Å². The van der Waals surface area contributed by atoms with Crippen molar-refractivity contribution >= 4 is 11.8 Å². The van der Waals surface area contributed by atoms with Crippen molar-refractivity contribution in [1.82, 2.24) is 15.1 Å². The summed E-state index contributed by atoms with van der Waals surface area (Å²) < 4.78 is 13.0. The van der Waals surface area contributed by atoms with Crippen molar-refractivity contribution in [3.63, 3.8) is 0 Å². The number of ether oxygens (including phenoxy) is 2. The molecule has 9 heteroatoms. The Morgan fingerprint density at radius 2 is 2.19 bits per heavy atom. The Bertz CT molecular complexity index is 927. The van der Waals surface area contributed by atoms with Gasteiger partial charge in [-0.1, -0.05) is 19.1 Å². The summed E-state index contributed by atoms with van der Waals surface area (Å²) in [6.45, 7) is 4.71. The molecule has 0 fully saturated rings. The van der Waals surface area contributed by atoms with Crippen molar-refractivity contribution in [3.05, 3.63) is 52.3 Å². The largest absolute Gasteiger partial charge is 0.381 e. The number of amides is 2. The van der Waals surface area contributed by atoms with Gasteiger partial charge in [0.25, 0.3) is 5.91 Å². The van der Waals surface area contributed by atoms with Crippen LogP contribution in [0.4, 0.5) is 0 Å². The predicted molar refractivity (Wildman–Crippen MR) is 118 cm³/mol. The summed E-state index contributed by atoms with van der Waals surface area (Å²) in [7, 11) is 0. The number of hydrogen-bond donors (Lipinski definition) is 3. The van der Waals surface area contributed by atoms with Gasteiger partial charge in [0.05, 0.1) is 23.6 Å². The van der Waals surface area contributed by atoms with Crippen LogP contribution < -0.4 is 11.1 Å². The van der Waals surface area contributed by atoms with Crippen LogP contribution in [0.25, 0.3) is 0 Å². The number of benzene rings is 1. The second-order valence-corrected chi connectivity index (χ2v) is 7.74. The summed E-state index contributed by atoms with van der Waals surface area (Å²) in [5.41, 5.74) is 8.47. The number of primary amides is 1. The van der Waals surface area contributed by atoms with Crippen LogP contribution >= 0.6 is 0 Å². The SMILES string of the molecule is CCc1nn(CCCOC(O)c2cccc(C(N)=O)c2)c2c1C(=O)NCCCOCCC2. The summed E-state index contributed by atoms with van der Waals surface area (Å²) in [4.78, 5) is 24.1. The molecular formula is C23H32N4O5. The molecule has 32 heavy (non-hydrogen) atoms. The second-order valence-electron chi connectivity index (χ2n) is 7.74. The van der Waals surface area contributed by atoms with E-state index in [4.69, 9.17) is 15.2 Å². The van der Waals surface area contributed by atoms with Gasteiger partial charge in [-0.2, -0.15) is 5.10 Å². The topological polar surface area (TPSA) is 129 Å². The molecular weight excluding hydrogens is 412 g/mol. The van der Waals surface area contributed by atoms with Gasteiger partial charge in [0, 0.05) is 37.4 Å². The maximum absolute atomic E-state index is 12.8. The molecule has 2 amide bonds.